The minimum absolute atomic E-state index is 0.514. The lowest BCUT2D eigenvalue weighted by molar-refractivity contribution is 0.192. The Morgan fingerprint density at radius 1 is 1.20 bits per heavy atom. The molecule has 0 amide bonds. The zero-order valence-corrected chi connectivity index (χ0v) is 13.0. The number of benzene rings is 2. The molecule has 108 valence electrons. The zero-order chi connectivity index (χ0) is 14.4. The summed E-state index contributed by atoms with van der Waals surface area (Å²) in [5.41, 5.74) is 0.867. The van der Waals surface area contributed by atoms with E-state index in [0.717, 1.165) is 40.0 Å². The Balaban J connectivity index is 2.21. The smallest absolute Gasteiger partial charge is 0.132 e. The number of thioether (sulfide) groups is 1. The van der Waals surface area contributed by atoms with Gasteiger partial charge in [-0.2, -0.15) is 11.8 Å². The van der Waals surface area contributed by atoms with Gasteiger partial charge in [-0.1, -0.05) is 43.3 Å². The first kappa shape index (κ1) is 15.2. The highest BCUT2D eigenvalue weighted by atomic mass is 32.2. The summed E-state index contributed by atoms with van der Waals surface area (Å²) >= 11 is 1.93. The SMILES string of the molecule is CCSCCCOc1c(C(C)O)ccc2ccccc12. The molecule has 0 aliphatic heterocycles. The van der Waals surface area contributed by atoms with Crippen LogP contribution in [0.25, 0.3) is 10.8 Å². The van der Waals surface area contributed by atoms with Crippen LogP contribution < -0.4 is 4.74 Å². The van der Waals surface area contributed by atoms with Crippen molar-refractivity contribution in [2.75, 3.05) is 18.1 Å². The number of ether oxygens (including phenoxy) is 1. The number of rotatable bonds is 7. The fourth-order valence-corrected chi connectivity index (χ4v) is 2.84. The normalized spacial score (nSPS) is 12.6. The van der Waals surface area contributed by atoms with Crippen molar-refractivity contribution in [2.45, 2.75) is 26.4 Å². The van der Waals surface area contributed by atoms with Crippen LogP contribution in [0.3, 0.4) is 0 Å². The largest absolute Gasteiger partial charge is 0.493 e. The van der Waals surface area contributed by atoms with Gasteiger partial charge < -0.3 is 9.84 Å². The summed E-state index contributed by atoms with van der Waals surface area (Å²) in [6, 6.07) is 12.2. The van der Waals surface area contributed by atoms with Gasteiger partial charge in [0.15, 0.2) is 0 Å². The predicted octanol–water partition coefficient (Wildman–Crippen LogP) is 4.42. The van der Waals surface area contributed by atoms with Gasteiger partial charge in [0.25, 0.3) is 0 Å². The Bertz CT molecular complexity index is 552. The first-order valence-electron chi connectivity index (χ1n) is 7.14. The monoisotopic (exact) mass is 290 g/mol. The predicted molar refractivity (Wildman–Crippen MR) is 87.7 cm³/mol. The molecule has 0 saturated heterocycles. The van der Waals surface area contributed by atoms with Gasteiger partial charge in [0, 0.05) is 10.9 Å². The van der Waals surface area contributed by atoms with Gasteiger partial charge in [-0.15, -0.1) is 0 Å². The first-order chi connectivity index (χ1) is 9.74. The average molecular weight is 290 g/mol. The van der Waals surface area contributed by atoms with Gasteiger partial charge in [0.2, 0.25) is 0 Å². The Hall–Kier alpha value is -1.19. The van der Waals surface area contributed by atoms with E-state index in [9.17, 15) is 5.11 Å². The molecule has 2 aromatic rings. The summed E-state index contributed by atoms with van der Waals surface area (Å²) < 4.78 is 5.98. The first-order valence-corrected chi connectivity index (χ1v) is 8.29. The third-order valence-corrected chi connectivity index (χ3v) is 4.23. The molecule has 0 spiro atoms. The molecule has 1 unspecified atom stereocenters. The molecule has 1 atom stereocenters. The molecule has 20 heavy (non-hydrogen) atoms. The highest BCUT2D eigenvalue weighted by Crippen LogP contribution is 2.33. The molecule has 0 saturated carbocycles. The van der Waals surface area contributed by atoms with Gasteiger partial charge in [-0.3, -0.25) is 0 Å². The van der Waals surface area contributed by atoms with Crippen molar-refractivity contribution in [3.8, 4) is 5.75 Å². The van der Waals surface area contributed by atoms with Crippen LogP contribution in [0.15, 0.2) is 36.4 Å². The molecule has 3 heteroatoms. The van der Waals surface area contributed by atoms with Crippen LogP contribution >= 0.6 is 11.8 Å². The van der Waals surface area contributed by atoms with E-state index < -0.39 is 6.10 Å². The van der Waals surface area contributed by atoms with Gasteiger partial charge in [-0.25, -0.2) is 0 Å². The summed E-state index contributed by atoms with van der Waals surface area (Å²) in [5.74, 6) is 3.10. The van der Waals surface area contributed by atoms with Crippen LogP contribution in [-0.2, 0) is 0 Å². The minimum Gasteiger partial charge on any atom is -0.493 e. The summed E-state index contributed by atoms with van der Waals surface area (Å²) in [6.07, 6.45) is 0.515. The molecule has 0 aliphatic rings. The van der Waals surface area contributed by atoms with E-state index >= 15 is 0 Å². The van der Waals surface area contributed by atoms with Crippen LogP contribution in [0, 0.1) is 0 Å². The van der Waals surface area contributed by atoms with Crippen molar-refractivity contribution in [1.82, 2.24) is 0 Å². The fourth-order valence-electron chi connectivity index (χ4n) is 2.23. The van der Waals surface area contributed by atoms with Crippen LogP contribution in [-0.4, -0.2) is 23.2 Å². The fraction of sp³-hybridized carbons (Fsp3) is 0.412. The van der Waals surface area contributed by atoms with E-state index in [-0.39, 0.29) is 0 Å². The van der Waals surface area contributed by atoms with E-state index in [1.54, 1.807) is 6.92 Å². The van der Waals surface area contributed by atoms with Crippen molar-refractivity contribution >= 4 is 22.5 Å². The highest BCUT2D eigenvalue weighted by Gasteiger charge is 2.12. The number of fused-ring (bicyclic) bond motifs is 1. The number of aliphatic hydroxyl groups is 1. The number of aliphatic hydroxyl groups excluding tert-OH is 1. The van der Waals surface area contributed by atoms with Crippen molar-refractivity contribution in [3.05, 3.63) is 42.0 Å². The Morgan fingerprint density at radius 3 is 2.75 bits per heavy atom. The van der Waals surface area contributed by atoms with Crippen LogP contribution in [0.2, 0.25) is 0 Å². The zero-order valence-electron chi connectivity index (χ0n) is 12.1. The molecule has 0 heterocycles. The maximum absolute atomic E-state index is 9.92. The summed E-state index contributed by atoms with van der Waals surface area (Å²) in [7, 11) is 0. The van der Waals surface area contributed by atoms with Crippen molar-refractivity contribution in [1.29, 1.82) is 0 Å². The summed E-state index contributed by atoms with van der Waals surface area (Å²) in [4.78, 5) is 0. The van der Waals surface area contributed by atoms with Crippen LogP contribution in [0.1, 0.15) is 31.9 Å². The van der Waals surface area contributed by atoms with Gasteiger partial charge in [0.05, 0.1) is 12.7 Å². The van der Waals surface area contributed by atoms with Crippen molar-refractivity contribution < 1.29 is 9.84 Å². The maximum Gasteiger partial charge on any atom is 0.132 e. The second-order valence-electron chi connectivity index (χ2n) is 4.78. The number of hydrogen-bond donors (Lipinski definition) is 1. The summed E-state index contributed by atoms with van der Waals surface area (Å²) in [6.45, 7) is 4.65. The summed E-state index contributed by atoms with van der Waals surface area (Å²) in [5, 5.41) is 12.1. The van der Waals surface area contributed by atoms with E-state index in [1.807, 2.05) is 36.0 Å². The van der Waals surface area contributed by atoms with Crippen molar-refractivity contribution in [3.63, 3.8) is 0 Å². The molecule has 0 aliphatic carbocycles. The number of hydrogen-bond acceptors (Lipinski definition) is 3. The van der Waals surface area contributed by atoms with E-state index in [4.69, 9.17) is 4.74 Å². The van der Waals surface area contributed by atoms with Crippen molar-refractivity contribution in [2.24, 2.45) is 0 Å². The quantitative estimate of drug-likeness (QED) is 0.766. The van der Waals surface area contributed by atoms with E-state index in [1.165, 1.54) is 0 Å². The van der Waals surface area contributed by atoms with Gasteiger partial charge >= 0.3 is 0 Å². The maximum atomic E-state index is 9.92. The molecule has 1 N–H and O–H groups in total. The lowest BCUT2D eigenvalue weighted by atomic mass is 10.0. The molecular formula is C17H22O2S. The lowest BCUT2D eigenvalue weighted by Gasteiger charge is -2.16. The van der Waals surface area contributed by atoms with Crippen LogP contribution in [0.4, 0.5) is 0 Å². The molecule has 0 aromatic heterocycles. The highest BCUT2D eigenvalue weighted by molar-refractivity contribution is 7.99. The Labute approximate surface area is 125 Å². The third kappa shape index (κ3) is 3.68. The standard InChI is InChI=1S/C17H22O2S/c1-3-20-12-6-11-19-17-15(13(2)18)10-9-14-7-4-5-8-16(14)17/h4-5,7-10,13,18H,3,6,11-12H2,1-2H3. The molecule has 2 nitrogen and oxygen atoms in total. The molecule has 2 rings (SSSR count). The Morgan fingerprint density at radius 2 is 2.00 bits per heavy atom. The molecule has 0 fully saturated rings. The lowest BCUT2D eigenvalue weighted by Crippen LogP contribution is -2.04. The average Bonchev–Trinajstić information content (AvgIpc) is 2.46. The second-order valence-corrected chi connectivity index (χ2v) is 6.17. The van der Waals surface area contributed by atoms with Crippen LogP contribution in [0.5, 0.6) is 5.75 Å². The van der Waals surface area contributed by atoms with Gasteiger partial charge in [-0.05, 0) is 30.2 Å². The van der Waals surface area contributed by atoms with E-state index in [2.05, 4.69) is 19.1 Å². The Kier molecular flexibility index (Phi) is 5.74. The third-order valence-electron chi connectivity index (χ3n) is 3.24. The topological polar surface area (TPSA) is 29.5 Å². The van der Waals surface area contributed by atoms with E-state index in [0.29, 0.717) is 6.61 Å². The molecular weight excluding hydrogens is 268 g/mol. The molecule has 0 radical (unpaired) electrons. The molecule has 2 aromatic carbocycles. The van der Waals surface area contributed by atoms with Gasteiger partial charge in [0.1, 0.15) is 5.75 Å². The second kappa shape index (κ2) is 7.55. The molecule has 0 bridgehead atoms. The minimum atomic E-state index is -0.514.